The van der Waals surface area contributed by atoms with Crippen molar-refractivity contribution in [1.29, 1.82) is 0 Å². The van der Waals surface area contributed by atoms with Gasteiger partial charge in [0.2, 0.25) is 0 Å². The van der Waals surface area contributed by atoms with Gasteiger partial charge in [-0.15, -0.1) is 0 Å². The summed E-state index contributed by atoms with van der Waals surface area (Å²) in [5.41, 5.74) is 0. The lowest BCUT2D eigenvalue weighted by Crippen LogP contribution is -2.16. The standard InChI is InChI=1S/C17H35/c1-6-8-9-10-11-12-13-14-16(4)17(5)15(3)7-2/h15-17H,2,6-14H2,1,3-5H3. The van der Waals surface area contributed by atoms with Gasteiger partial charge in [-0.25, -0.2) is 0 Å². The van der Waals surface area contributed by atoms with Crippen LogP contribution in [0.1, 0.15) is 85.5 Å². The molecular weight excluding hydrogens is 204 g/mol. The van der Waals surface area contributed by atoms with Crippen LogP contribution in [0, 0.1) is 24.7 Å². The molecular formula is C17H35. The Hall–Kier alpha value is 0. The fourth-order valence-electron chi connectivity index (χ4n) is 2.51. The van der Waals surface area contributed by atoms with Crippen LogP contribution in [0.3, 0.4) is 0 Å². The predicted octanol–water partition coefficient (Wildman–Crippen LogP) is 6.26. The van der Waals surface area contributed by atoms with E-state index in [1.165, 1.54) is 51.4 Å². The van der Waals surface area contributed by atoms with E-state index < -0.39 is 0 Å². The number of unbranched alkanes of at least 4 members (excludes halogenated alkanes) is 6. The third-order valence-electron chi connectivity index (χ3n) is 4.51. The van der Waals surface area contributed by atoms with Gasteiger partial charge in [-0.3, -0.25) is 0 Å². The van der Waals surface area contributed by atoms with E-state index in [9.17, 15) is 0 Å². The van der Waals surface area contributed by atoms with E-state index in [2.05, 4.69) is 34.6 Å². The van der Waals surface area contributed by atoms with Crippen molar-refractivity contribution >= 4 is 0 Å². The molecule has 0 nitrogen and oxygen atoms in total. The first-order valence-electron chi connectivity index (χ1n) is 7.92. The topological polar surface area (TPSA) is 0 Å². The van der Waals surface area contributed by atoms with E-state index in [1.54, 1.807) is 0 Å². The van der Waals surface area contributed by atoms with Gasteiger partial charge in [0.25, 0.3) is 0 Å². The minimum atomic E-state index is 0.787. The molecule has 0 aliphatic carbocycles. The smallest absolute Gasteiger partial charge is 0.0391 e. The zero-order valence-corrected chi connectivity index (χ0v) is 12.8. The lowest BCUT2D eigenvalue weighted by atomic mass is 9.81. The van der Waals surface area contributed by atoms with E-state index in [-0.39, 0.29) is 0 Å². The van der Waals surface area contributed by atoms with Crippen molar-refractivity contribution in [2.75, 3.05) is 0 Å². The van der Waals surface area contributed by atoms with Gasteiger partial charge in [0.05, 0.1) is 0 Å². The minimum Gasteiger partial charge on any atom is -0.0654 e. The predicted molar refractivity (Wildman–Crippen MR) is 80.1 cm³/mol. The first-order valence-corrected chi connectivity index (χ1v) is 7.92. The van der Waals surface area contributed by atoms with Crippen molar-refractivity contribution in [2.24, 2.45) is 17.8 Å². The Bertz CT molecular complexity index is 150. The second-order valence-electron chi connectivity index (χ2n) is 6.01. The summed E-state index contributed by atoms with van der Waals surface area (Å²) in [5.74, 6) is 2.50. The third kappa shape index (κ3) is 8.69. The molecule has 0 heteroatoms. The zero-order chi connectivity index (χ0) is 13.1. The number of hydrogen-bond donors (Lipinski definition) is 0. The number of hydrogen-bond acceptors (Lipinski definition) is 0. The van der Waals surface area contributed by atoms with Crippen molar-refractivity contribution < 1.29 is 0 Å². The Balaban J connectivity index is 3.41. The lowest BCUT2D eigenvalue weighted by Gasteiger charge is -2.25. The van der Waals surface area contributed by atoms with Crippen molar-refractivity contribution in [3.8, 4) is 0 Å². The molecule has 17 heavy (non-hydrogen) atoms. The van der Waals surface area contributed by atoms with Crippen LogP contribution in [0.25, 0.3) is 0 Å². The molecule has 0 aliphatic rings. The Morgan fingerprint density at radius 1 is 0.765 bits per heavy atom. The van der Waals surface area contributed by atoms with Gasteiger partial charge in [-0.1, -0.05) is 92.4 Å². The average Bonchev–Trinajstić information content (AvgIpc) is 2.35. The van der Waals surface area contributed by atoms with Gasteiger partial charge in [-0.2, -0.15) is 0 Å². The summed E-state index contributed by atoms with van der Waals surface area (Å²) in [6, 6.07) is 0. The van der Waals surface area contributed by atoms with Crippen LogP contribution in [0.4, 0.5) is 0 Å². The molecule has 0 heterocycles. The quantitative estimate of drug-likeness (QED) is 0.373. The van der Waals surface area contributed by atoms with Gasteiger partial charge < -0.3 is 0 Å². The highest BCUT2D eigenvalue weighted by atomic mass is 14.2. The molecule has 0 fully saturated rings. The molecule has 0 saturated heterocycles. The molecule has 3 atom stereocenters. The summed E-state index contributed by atoms with van der Waals surface area (Å²) in [5, 5.41) is 0. The maximum absolute atomic E-state index is 4.03. The second kappa shape index (κ2) is 11.1. The molecule has 0 aromatic rings. The van der Waals surface area contributed by atoms with Crippen molar-refractivity contribution in [3.63, 3.8) is 0 Å². The van der Waals surface area contributed by atoms with Crippen molar-refractivity contribution in [2.45, 2.75) is 85.5 Å². The summed E-state index contributed by atoms with van der Waals surface area (Å²) in [6.45, 7) is 13.5. The zero-order valence-electron chi connectivity index (χ0n) is 12.8. The van der Waals surface area contributed by atoms with Crippen LogP contribution in [0.2, 0.25) is 0 Å². The molecule has 0 aromatic heterocycles. The monoisotopic (exact) mass is 239 g/mol. The van der Waals surface area contributed by atoms with E-state index >= 15 is 0 Å². The van der Waals surface area contributed by atoms with E-state index in [0.717, 1.165) is 24.2 Å². The summed E-state index contributed by atoms with van der Waals surface area (Å²) in [6.07, 6.45) is 12.5. The first kappa shape index (κ1) is 17.0. The Labute approximate surface area is 111 Å². The van der Waals surface area contributed by atoms with Crippen molar-refractivity contribution in [3.05, 3.63) is 6.92 Å². The van der Waals surface area contributed by atoms with Crippen LogP contribution in [-0.4, -0.2) is 0 Å². The molecule has 0 spiro atoms. The summed E-state index contributed by atoms with van der Waals surface area (Å²) in [4.78, 5) is 0. The third-order valence-corrected chi connectivity index (χ3v) is 4.51. The molecule has 1 radical (unpaired) electrons. The maximum atomic E-state index is 4.03. The molecule has 3 unspecified atom stereocenters. The lowest BCUT2D eigenvalue weighted by molar-refractivity contribution is 0.261. The molecule has 0 aromatic carbocycles. The summed E-state index contributed by atoms with van der Waals surface area (Å²) >= 11 is 0. The van der Waals surface area contributed by atoms with E-state index in [4.69, 9.17) is 0 Å². The van der Waals surface area contributed by atoms with Crippen LogP contribution in [0.15, 0.2) is 0 Å². The molecule has 0 aliphatic heterocycles. The van der Waals surface area contributed by atoms with Gasteiger partial charge in [0, 0.05) is 0 Å². The van der Waals surface area contributed by atoms with E-state index in [1.807, 2.05) is 0 Å². The first-order chi connectivity index (χ1) is 8.13. The van der Waals surface area contributed by atoms with Crippen LogP contribution >= 0.6 is 0 Å². The van der Waals surface area contributed by atoms with E-state index in [0.29, 0.717) is 0 Å². The Morgan fingerprint density at radius 2 is 1.29 bits per heavy atom. The average molecular weight is 239 g/mol. The summed E-state index contributed by atoms with van der Waals surface area (Å²) in [7, 11) is 0. The Kier molecular flexibility index (Phi) is 11.1. The molecule has 0 bridgehead atoms. The van der Waals surface area contributed by atoms with Gasteiger partial charge >= 0.3 is 0 Å². The molecule has 0 N–H and O–H groups in total. The normalized spacial score (nSPS) is 16.8. The SMILES string of the molecule is [CH2]CC(C)C(C)C(C)CCCCCCCCC. The van der Waals surface area contributed by atoms with Crippen LogP contribution < -0.4 is 0 Å². The minimum absolute atomic E-state index is 0.787. The molecule has 0 rings (SSSR count). The van der Waals surface area contributed by atoms with Gasteiger partial charge in [0.1, 0.15) is 0 Å². The fourth-order valence-corrected chi connectivity index (χ4v) is 2.51. The molecule has 0 saturated carbocycles. The van der Waals surface area contributed by atoms with Gasteiger partial charge in [-0.05, 0) is 17.8 Å². The second-order valence-corrected chi connectivity index (χ2v) is 6.01. The largest absolute Gasteiger partial charge is 0.0654 e. The Morgan fingerprint density at radius 3 is 1.82 bits per heavy atom. The highest BCUT2D eigenvalue weighted by Gasteiger charge is 2.16. The summed E-state index contributed by atoms with van der Waals surface area (Å²) < 4.78 is 0. The highest BCUT2D eigenvalue weighted by Crippen LogP contribution is 2.27. The number of rotatable bonds is 11. The highest BCUT2D eigenvalue weighted by molar-refractivity contribution is 4.69. The maximum Gasteiger partial charge on any atom is -0.0391 e. The van der Waals surface area contributed by atoms with Gasteiger partial charge in [0.15, 0.2) is 0 Å². The van der Waals surface area contributed by atoms with Crippen LogP contribution in [0.5, 0.6) is 0 Å². The molecule has 103 valence electrons. The molecule has 0 amide bonds. The van der Waals surface area contributed by atoms with Crippen molar-refractivity contribution in [1.82, 2.24) is 0 Å². The fraction of sp³-hybridized carbons (Fsp3) is 0.941. The van der Waals surface area contributed by atoms with Crippen LogP contribution in [-0.2, 0) is 0 Å².